The van der Waals surface area contributed by atoms with E-state index in [1.165, 1.54) is 12.7 Å². The molecule has 1 unspecified atom stereocenters. The van der Waals surface area contributed by atoms with Crippen molar-refractivity contribution in [3.63, 3.8) is 0 Å². The third kappa shape index (κ3) is 9.41. The molecule has 0 aromatic heterocycles. The van der Waals surface area contributed by atoms with E-state index in [-0.39, 0.29) is 24.0 Å². The van der Waals surface area contributed by atoms with Gasteiger partial charge in [-0.05, 0) is 19.8 Å². The van der Waals surface area contributed by atoms with E-state index < -0.39 is 10.0 Å². The fraction of sp³-hybridized carbons (Fsp3) is 0.923. The van der Waals surface area contributed by atoms with Crippen LogP contribution in [0.25, 0.3) is 0 Å². The number of halogens is 1. The minimum atomic E-state index is -3.09. The third-order valence-corrected chi connectivity index (χ3v) is 5.29. The highest BCUT2D eigenvalue weighted by Gasteiger charge is 2.21. The molecule has 0 radical (unpaired) electrons. The van der Waals surface area contributed by atoms with Gasteiger partial charge in [0.25, 0.3) is 0 Å². The Morgan fingerprint density at radius 1 is 1.41 bits per heavy atom. The number of hydrogen-bond acceptors (Lipinski definition) is 4. The number of thioether (sulfide) groups is 1. The Labute approximate surface area is 156 Å². The van der Waals surface area contributed by atoms with Gasteiger partial charge in [-0.2, -0.15) is 11.8 Å². The predicted octanol–water partition coefficient (Wildman–Crippen LogP) is 1.34. The van der Waals surface area contributed by atoms with Crippen molar-refractivity contribution in [2.75, 3.05) is 44.7 Å². The molecule has 1 saturated heterocycles. The summed E-state index contributed by atoms with van der Waals surface area (Å²) >= 11 is 2.04. The molecular weight excluding hydrogens is 435 g/mol. The van der Waals surface area contributed by atoms with Gasteiger partial charge >= 0.3 is 0 Å². The van der Waals surface area contributed by atoms with Gasteiger partial charge in [0.2, 0.25) is 10.0 Å². The minimum Gasteiger partial charge on any atom is -0.357 e. The van der Waals surface area contributed by atoms with Gasteiger partial charge in [0.05, 0.1) is 6.26 Å². The monoisotopic (exact) mass is 464 g/mol. The van der Waals surface area contributed by atoms with E-state index in [9.17, 15) is 8.42 Å². The SMILES string of the molecule is CCNC(=NCCCNS(C)(=O)=O)N1CCSC(CC)C1.I. The molecule has 1 aliphatic rings. The van der Waals surface area contributed by atoms with Crippen molar-refractivity contribution in [2.45, 2.75) is 31.9 Å². The van der Waals surface area contributed by atoms with Gasteiger partial charge in [-0.1, -0.05) is 6.92 Å². The number of aliphatic imine (C=N–C) groups is 1. The molecule has 1 atom stereocenters. The fourth-order valence-electron chi connectivity index (χ4n) is 2.11. The lowest BCUT2D eigenvalue weighted by atomic mass is 10.3. The summed E-state index contributed by atoms with van der Waals surface area (Å²) in [5.41, 5.74) is 0. The van der Waals surface area contributed by atoms with Gasteiger partial charge in [0.15, 0.2) is 5.96 Å². The quantitative estimate of drug-likeness (QED) is 0.258. The zero-order valence-corrected chi connectivity index (χ0v) is 17.6. The average Bonchev–Trinajstić information content (AvgIpc) is 2.44. The minimum absolute atomic E-state index is 0. The maximum atomic E-state index is 11.0. The van der Waals surface area contributed by atoms with Gasteiger partial charge in [-0.15, -0.1) is 24.0 Å². The molecule has 0 spiro atoms. The molecule has 1 fully saturated rings. The molecule has 2 N–H and O–H groups in total. The van der Waals surface area contributed by atoms with Crippen molar-refractivity contribution in [2.24, 2.45) is 4.99 Å². The smallest absolute Gasteiger partial charge is 0.208 e. The summed E-state index contributed by atoms with van der Waals surface area (Å²) in [5.74, 6) is 2.09. The molecule has 132 valence electrons. The summed E-state index contributed by atoms with van der Waals surface area (Å²) in [6, 6.07) is 0. The molecule has 6 nitrogen and oxygen atoms in total. The second-order valence-electron chi connectivity index (χ2n) is 5.10. The zero-order valence-electron chi connectivity index (χ0n) is 13.7. The summed E-state index contributed by atoms with van der Waals surface area (Å²) in [6.45, 7) is 8.27. The Hall–Kier alpha value is 0.260. The maximum absolute atomic E-state index is 11.0. The number of hydrogen-bond donors (Lipinski definition) is 2. The topological polar surface area (TPSA) is 73.8 Å². The predicted molar refractivity (Wildman–Crippen MR) is 107 cm³/mol. The van der Waals surface area contributed by atoms with Crippen LogP contribution in [0, 0.1) is 0 Å². The van der Waals surface area contributed by atoms with Crippen LogP contribution < -0.4 is 10.0 Å². The summed E-state index contributed by atoms with van der Waals surface area (Å²) in [6.07, 6.45) is 3.07. The summed E-state index contributed by atoms with van der Waals surface area (Å²) in [7, 11) is -3.09. The summed E-state index contributed by atoms with van der Waals surface area (Å²) in [4.78, 5) is 6.93. The van der Waals surface area contributed by atoms with Crippen LogP contribution in [0.5, 0.6) is 0 Å². The van der Waals surface area contributed by atoms with Crippen molar-refractivity contribution < 1.29 is 8.42 Å². The number of nitrogens with one attached hydrogen (secondary N) is 2. The normalized spacial score (nSPS) is 19.7. The Morgan fingerprint density at radius 3 is 2.73 bits per heavy atom. The molecule has 0 aliphatic carbocycles. The first-order valence-electron chi connectivity index (χ1n) is 7.55. The van der Waals surface area contributed by atoms with E-state index in [0.29, 0.717) is 24.8 Å². The lowest BCUT2D eigenvalue weighted by Gasteiger charge is -2.34. The second-order valence-corrected chi connectivity index (χ2v) is 8.34. The first-order chi connectivity index (χ1) is 9.96. The number of rotatable bonds is 7. The number of guanidine groups is 1. The Bertz CT molecular complexity index is 432. The van der Waals surface area contributed by atoms with E-state index in [1.807, 2.05) is 11.8 Å². The standard InChI is InChI=1S/C13H28N4O2S2.HI/c1-4-12-11-17(9-10-20-12)13(14-5-2)15-7-6-8-16-21(3,18)19;/h12,16H,4-11H2,1-3H3,(H,14,15);1H. The lowest BCUT2D eigenvalue weighted by Crippen LogP contribution is -2.48. The Morgan fingerprint density at radius 2 is 2.14 bits per heavy atom. The average molecular weight is 464 g/mol. The highest BCUT2D eigenvalue weighted by molar-refractivity contribution is 14.0. The lowest BCUT2D eigenvalue weighted by molar-refractivity contribution is 0.408. The van der Waals surface area contributed by atoms with Crippen molar-refractivity contribution >= 4 is 51.7 Å². The number of sulfonamides is 1. The first-order valence-corrected chi connectivity index (χ1v) is 10.5. The molecular formula is C13H29IN4O2S2. The number of nitrogens with zero attached hydrogens (tertiary/aromatic N) is 2. The second kappa shape index (κ2) is 11.7. The Kier molecular flexibility index (Phi) is 11.9. The van der Waals surface area contributed by atoms with Gasteiger partial charge in [0.1, 0.15) is 0 Å². The van der Waals surface area contributed by atoms with E-state index in [0.717, 1.165) is 31.3 Å². The molecule has 1 heterocycles. The Balaban J connectivity index is 0.00000441. The summed E-state index contributed by atoms with van der Waals surface area (Å²) < 4.78 is 24.4. The zero-order chi connectivity index (χ0) is 15.7. The molecule has 9 heteroatoms. The summed E-state index contributed by atoms with van der Waals surface area (Å²) in [5, 5.41) is 4.01. The molecule has 0 saturated carbocycles. The van der Waals surface area contributed by atoms with Crippen LogP contribution >= 0.6 is 35.7 Å². The van der Waals surface area contributed by atoms with E-state index in [2.05, 4.69) is 33.8 Å². The molecule has 0 bridgehead atoms. The molecule has 0 aromatic rings. The van der Waals surface area contributed by atoms with Crippen molar-refractivity contribution in [3.05, 3.63) is 0 Å². The molecule has 0 aromatic carbocycles. The third-order valence-electron chi connectivity index (χ3n) is 3.19. The van der Waals surface area contributed by atoms with Crippen molar-refractivity contribution in [3.8, 4) is 0 Å². The fourth-order valence-corrected chi connectivity index (χ4v) is 3.80. The van der Waals surface area contributed by atoms with Gasteiger partial charge < -0.3 is 10.2 Å². The van der Waals surface area contributed by atoms with E-state index >= 15 is 0 Å². The largest absolute Gasteiger partial charge is 0.357 e. The van der Waals surface area contributed by atoms with Crippen LogP contribution in [-0.2, 0) is 10.0 Å². The van der Waals surface area contributed by atoms with Crippen LogP contribution in [0.2, 0.25) is 0 Å². The van der Waals surface area contributed by atoms with Crippen LogP contribution in [0.4, 0.5) is 0 Å². The van der Waals surface area contributed by atoms with Gasteiger partial charge in [0, 0.05) is 43.7 Å². The van der Waals surface area contributed by atoms with Crippen LogP contribution in [0.1, 0.15) is 26.7 Å². The molecule has 22 heavy (non-hydrogen) atoms. The van der Waals surface area contributed by atoms with E-state index in [4.69, 9.17) is 0 Å². The van der Waals surface area contributed by atoms with Crippen molar-refractivity contribution in [1.82, 2.24) is 14.9 Å². The molecule has 1 rings (SSSR count). The first kappa shape index (κ1) is 22.3. The van der Waals surface area contributed by atoms with Crippen molar-refractivity contribution in [1.29, 1.82) is 0 Å². The van der Waals surface area contributed by atoms with Crippen LogP contribution in [0.3, 0.4) is 0 Å². The van der Waals surface area contributed by atoms with Crippen LogP contribution in [-0.4, -0.2) is 69.3 Å². The van der Waals surface area contributed by atoms with Gasteiger partial charge in [-0.25, -0.2) is 13.1 Å². The highest BCUT2D eigenvalue weighted by Crippen LogP contribution is 2.20. The molecule has 0 amide bonds. The highest BCUT2D eigenvalue weighted by atomic mass is 127. The van der Waals surface area contributed by atoms with Gasteiger partial charge in [-0.3, -0.25) is 4.99 Å². The van der Waals surface area contributed by atoms with Crippen LogP contribution in [0.15, 0.2) is 4.99 Å². The molecule has 1 aliphatic heterocycles. The van der Waals surface area contributed by atoms with E-state index in [1.54, 1.807) is 0 Å². The maximum Gasteiger partial charge on any atom is 0.208 e.